The number of fused-ring (bicyclic) bond motifs is 1. The van der Waals surface area contributed by atoms with Gasteiger partial charge >= 0.3 is 0 Å². The molecule has 2 aromatic rings. The van der Waals surface area contributed by atoms with E-state index in [-0.39, 0.29) is 5.06 Å². The summed E-state index contributed by atoms with van der Waals surface area (Å²) in [6.45, 7) is 1.93. The molecule has 0 bridgehead atoms. The molecule has 1 aromatic carbocycles. The second-order valence-corrected chi connectivity index (χ2v) is 4.03. The Morgan fingerprint density at radius 1 is 1.38 bits per heavy atom. The van der Waals surface area contributed by atoms with E-state index in [1.807, 2.05) is 19.1 Å². The molecule has 3 heteroatoms. The maximum atomic E-state index is 10.7. The van der Waals surface area contributed by atoms with Gasteiger partial charge in [0, 0.05) is 21.7 Å². The van der Waals surface area contributed by atoms with Crippen LogP contribution in [0.1, 0.15) is 15.9 Å². The number of aryl methyl sites for hydroxylation is 1. The van der Waals surface area contributed by atoms with Crippen LogP contribution in [0.3, 0.4) is 0 Å². The van der Waals surface area contributed by atoms with Gasteiger partial charge in [0.1, 0.15) is 0 Å². The molecule has 0 saturated heterocycles. The third-order valence-electron chi connectivity index (χ3n) is 1.93. The van der Waals surface area contributed by atoms with Crippen LogP contribution in [0.2, 0.25) is 0 Å². The van der Waals surface area contributed by atoms with Crippen molar-refractivity contribution in [2.75, 3.05) is 0 Å². The molecule has 1 aromatic heterocycles. The van der Waals surface area contributed by atoms with Gasteiger partial charge in [-0.1, -0.05) is 11.3 Å². The summed E-state index contributed by atoms with van der Waals surface area (Å²) < 4.78 is 0.958. The van der Waals surface area contributed by atoms with Gasteiger partial charge in [0.25, 0.3) is 0 Å². The molecule has 0 atom stereocenters. The normalized spacial score (nSPS) is 10.5. The van der Waals surface area contributed by atoms with Gasteiger partial charge < -0.3 is 5.11 Å². The topological polar surface area (TPSA) is 37.3 Å². The zero-order valence-corrected chi connectivity index (χ0v) is 7.89. The van der Waals surface area contributed by atoms with Crippen LogP contribution < -0.4 is 0 Å². The van der Waals surface area contributed by atoms with Crippen LogP contribution in [-0.2, 0) is 0 Å². The van der Waals surface area contributed by atoms with Crippen molar-refractivity contribution in [3.05, 3.63) is 29.3 Å². The highest BCUT2D eigenvalue weighted by molar-refractivity contribution is 7.20. The van der Waals surface area contributed by atoms with Crippen molar-refractivity contribution in [2.24, 2.45) is 0 Å². The Morgan fingerprint density at radius 3 is 2.85 bits per heavy atom. The summed E-state index contributed by atoms with van der Waals surface area (Å²) in [5, 5.41) is 10.4. The van der Waals surface area contributed by atoms with E-state index in [0.29, 0.717) is 5.56 Å². The van der Waals surface area contributed by atoms with Gasteiger partial charge in [-0.15, -0.1) is 0 Å². The van der Waals surface area contributed by atoms with Gasteiger partial charge in [0.05, 0.1) is 0 Å². The van der Waals surface area contributed by atoms with E-state index >= 15 is 0 Å². The average Bonchev–Trinajstić information content (AvgIpc) is 2.43. The highest BCUT2D eigenvalue weighted by Gasteiger charge is 2.05. The lowest BCUT2D eigenvalue weighted by molar-refractivity contribution is 0.112. The monoisotopic (exact) mass is 192 g/mol. The first-order valence-electron chi connectivity index (χ1n) is 3.89. The first-order chi connectivity index (χ1) is 6.20. The second-order valence-electron chi connectivity index (χ2n) is 2.97. The molecule has 66 valence electrons. The summed E-state index contributed by atoms with van der Waals surface area (Å²) in [5.41, 5.74) is 1.68. The molecule has 2 rings (SSSR count). The van der Waals surface area contributed by atoms with Crippen molar-refractivity contribution < 1.29 is 9.90 Å². The van der Waals surface area contributed by atoms with Gasteiger partial charge in [-0.2, -0.15) is 0 Å². The number of hydrogen-bond donors (Lipinski definition) is 1. The van der Waals surface area contributed by atoms with Gasteiger partial charge in [0.15, 0.2) is 11.3 Å². The lowest BCUT2D eigenvalue weighted by atomic mass is 10.1. The summed E-state index contributed by atoms with van der Waals surface area (Å²) in [5.74, 6) is 0. The molecule has 0 amide bonds. The first kappa shape index (κ1) is 8.26. The fraction of sp³-hybridized carbons (Fsp3) is 0.100. The molecule has 1 N–H and O–H groups in total. The summed E-state index contributed by atoms with van der Waals surface area (Å²) in [7, 11) is 0. The molecule has 0 aliphatic heterocycles. The largest absolute Gasteiger partial charge is 0.499 e. The molecule has 0 aliphatic carbocycles. The fourth-order valence-corrected chi connectivity index (χ4v) is 2.33. The average molecular weight is 192 g/mol. The Morgan fingerprint density at radius 2 is 2.15 bits per heavy atom. The molecule has 0 unspecified atom stereocenters. The second kappa shape index (κ2) is 2.85. The Bertz CT molecular complexity index is 471. The Labute approximate surface area is 79.4 Å². The fourth-order valence-electron chi connectivity index (χ4n) is 1.39. The number of carbonyl (C=O) groups excluding carboxylic acids is 1. The van der Waals surface area contributed by atoms with Gasteiger partial charge in [0.2, 0.25) is 0 Å². The van der Waals surface area contributed by atoms with Crippen LogP contribution >= 0.6 is 11.3 Å². The Hall–Kier alpha value is -1.35. The van der Waals surface area contributed by atoms with Crippen LogP contribution in [0.5, 0.6) is 5.06 Å². The third-order valence-corrected chi connectivity index (χ3v) is 2.81. The van der Waals surface area contributed by atoms with E-state index in [4.69, 9.17) is 0 Å². The molecule has 2 nitrogen and oxygen atoms in total. The van der Waals surface area contributed by atoms with E-state index in [9.17, 15) is 9.90 Å². The molecule has 0 fully saturated rings. The third kappa shape index (κ3) is 1.31. The number of aldehydes is 1. The van der Waals surface area contributed by atoms with Crippen molar-refractivity contribution >= 4 is 27.7 Å². The van der Waals surface area contributed by atoms with E-state index < -0.39 is 0 Å². The van der Waals surface area contributed by atoms with E-state index in [1.54, 1.807) is 6.07 Å². The van der Waals surface area contributed by atoms with Crippen molar-refractivity contribution in [3.63, 3.8) is 0 Å². The predicted octanol–water partition coefficient (Wildman–Crippen LogP) is 2.73. The minimum Gasteiger partial charge on any atom is -0.499 e. The molecular formula is C10H8O2S. The molecular weight excluding hydrogens is 184 g/mol. The molecule has 0 aliphatic rings. The van der Waals surface area contributed by atoms with Crippen LogP contribution in [0.4, 0.5) is 0 Å². The SMILES string of the molecule is Cc1cc(C=O)c2cc(O)sc2c1. The predicted molar refractivity (Wildman–Crippen MR) is 53.6 cm³/mol. The number of aromatic hydroxyl groups is 1. The molecule has 1 heterocycles. The standard InChI is InChI=1S/C10H8O2S/c1-6-2-7(5-11)8-4-10(12)13-9(8)3-6/h2-5,12H,1H3. The maximum Gasteiger partial charge on any atom is 0.172 e. The molecule has 13 heavy (non-hydrogen) atoms. The van der Waals surface area contributed by atoms with E-state index in [2.05, 4.69) is 0 Å². The van der Waals surface area contributed by atoms with Crippen LogP contribution in [0, 0.1) is 6.92 Å². The number of thiophene rings is 1. The quantitative estimate of drug-likeness (QED) is 0.705. The zero-order valence-electron chi connectivity index (χ0n) is 7.07. The number of benzene rings is 1. The summed E-state index contributed by atoms with van der Waals surface area (Å²) >= 11 is 1.29. The van der Waals surface area contributed by atoms with Crippen LogP contribution in [-0.4, -0.2) is 11.4 Å². The number of hydrogen-bond acceptors (Lipinski definition) is 3. The van der Waals surface area contributed by atoms with Crippen molar-refractivity contribution in [2.45, 2.75) is 6.92 Å². The van der Waals surface area contributed by atoms with Gasteiger partial charge in [-0.25, -0.2) is 0 Å². The smallest absolute Gasteiger partial charge is 0.172 e. The molecule has 0 saturated carbocycles. The molecule has 0 spiro atoms. The lowest BCUT2D eigenvalue weighted by Gasteiger charge is -1.96. The Balaban J connectivity index is 2.88. The minimum atomic E-state index is 0.253. The van der Waals surface area contributed by atoms with E-state index in [0.717, 1.165) is 21.9 Å². The minimum absolute atomic E-state index is 0.253. The summed E-state index contributed by atoms with van der Waals surface area (Å²) in [6, 6.07) is 5.41. The number of carbonyl (C=O) groups is 1. The van der Waals surface area contributed by atoms with Crippen LogP contribution in [0.25, 0.3) is 10.1 Å². The first-order valence-corrected chi connectivity index (χ1v) is 4.70. The highest BCUT2D eigenvalue weighted by atomic mass is 32.1. The lowest BCUT2D eigenvalue weighted by Crippen LogP contribution is -1.81. The summed E-state index contributed by atoms with van der Waals surface area (Å²) in [4.78, 5) is 10.7. The van der Waals surface area contributed by atoms with E-state index in [1.165, 1.54) is 11.3 Å². The maximum absolute atomic E-state index is 10.7. The van der Waals surface area contributed by atoms with Gasteiger partial charge in [-0.05, 0) is 24.6 Å². The van der Waals surface area contributed by atoms with Gasteiger partial charge in [-0.3, -0.25) is 4.79 Å². The van der Waals surface area contributed by atoms with Crippen molar-refractivity contribution in [1.82, 2.24) is 0 Å². The summed E-state index contributed by atoms with van der Waals surface area (Å²) in [6.07, 6.45) is 0.821. The van der Waals surface area contributed by atoms with Crippen molar-refractivity contribution in [3.8, 4) is 5.06 Å². The number of rotatable bonds is 1. The zero-order chi connectivity index (χ0) is 9.42. The Kier molecular flexibility index (Phi) is 1.81. The van der Waals surface area contributed by atoms with Crippen LogP contribution in [0.15, 0.2) is 18.2 Å². The highest BCUT2D eigenvalue weighted by Crippen LogP contribution is 2.32. The molecule has 0 radical (unpaired) electrons. The van der Waals surface area contributed by atoms with Crippen molar-refractivity contribution in [1.29, 1.82) is 0 Å².